The van der Waals surface area contributed by atoms with Gasteiger partial charge in [-0.2, -0.15) is 0 Å². The van der Waals surface area contributed by atoms with Crippen LogP contribution in [0.4, 0.5) is 0 Å². The third kappa shape index (κ3) is 5.35. The van der Waals surface area contributed by atoms with Gasteiger partial charge in [0.1, 0.15) is 10.5 Å². The summed E-state index contributed by atoms with van der Waals surface area (Å²) >= 11 is 1.56. The van der Waals surface area contributed by atoms with Gasteiger partial charge in [-0.05, 0) is 45.7 Å². The minimum absolute atomic E-state index is 0.204. The first-order valence-electron chi connectivity index (χ1n) is 6.24. The van der Waals surface area contributed by atoms with Crippen LogP contribution < -0.4 is 0 Å². The second-order valence-corrected chi connectivity index (χ2v) is 6.39. The van der Waals surface area contributed by atoms with Crippen LogP contribution in [0.2, 0.25) is 0 Å². The number of esters is 1. The number of aryl methyl sites for hydroxylation is 1. The Bertz CT molecular complexity index is 361. The maximum Gasteiger partial charge on any atom is 0.348 e. The predicted molar refractivity (Wildman–Crippen MR) is 72.7 cm³/mol. The highest BCUT2D eigenvalue weighted by Gasteiger charge is 2.19. The zero-order chi connectivity index (χ0) is 12.9. The molecular weight excluding hydrogens is 232 g/mol. The van der Waals surface area contributed by atoms with Crippen LogP contribution >= 0.6 is 11.3 Å². The SMILES string of the molecule is CCCCCc1ccc(C(=O)OC(C)(C)C)s1. The summed E-state index contributed by atoms with van der Waals surface area (Å²) in [6.45, 7) is 7.86. The van der Waals surface area contributed by atoms with E-state index in [1.807, 2.05) is 32.9 Å². The molecule has 0 aliphatic carbocycles. The summed E-state index contributed by atoms with van der Waals surface area (Å²) in [5.74, 6) is -0.204. The molecule has 0 fully saturated rings. The summed E-state index contributed by atoms with van der Waals surface area (Å²) in [5, 5.41) is 0. The molecule has 96 valence electrons. The molecule has 1 aromatic heterocycles. The number of rotatable bonds is 5. The molecule has 1 rings (SSSR count). The van der Waals surface area contributed by atoms with Crippen LogP contribution in [-0.2, 0) is 11.2 Å². The fourth-order valence-corrected chi connectivity index (χ4v) is 2.43. The summed E-state index contributed by atoms with van der Waals surface area (Å²) in [4.78, 5) is 13.8. The first kappa shape index (κ1) is 14.2. The predicted octanol–water partition coefficient (Wildman–Crippen LogP) is 4.44. The summed E-state index contributed by atoms with van der Waals surface area (Å²) in [5.41, 5.74) is -0.413. The Balaban J connectivity index is 2.52. The van der Waals surface area contributed by atoms with Crippen molar-refractivity contribution in [1.82, 2.24) is 0 Å². The second-order valence-electron chi connectivity index (χ2n) is 5.22. The van der Waals surface area contributed by atoms with Crippen LogP contribution in [0.15, 0.2) is 12.1 Å². The Labute approximate surface area is 108 Å². The lowest BCUT2D eigenvalue weighted by Crippen LogP contribution is -2.23. The first-order chi connectivity index (χ1) is 7.92. The Morgan fingerprint density at radius 1 is 1.29 bits per heavy atom. The molecule has 0 aliphatic heterocycles. The topological polar surface area (TPSA) is 26.3 Å². The monoisotopic (exact) mass is 254 g/mol. The zero-order valence-corrected chi connectivity index (χ0v) is 12.0. The quantitative estimate of drug-likeness (QED) is 0.573. The highest BCUT2D eigenvalue weighted by atomic mass is 32.1. The van der Waals surface area contributed by atoms with Gasteiger partial charge in [0, 0.05) is 4.88 Å². The van der Waals surface area contributed by atoms with Crippen molar-refractivity contribution in [2.75, 3.05) is 0 Å². The van der Waals surface area contributed by atoms with E-state index in [1.54, 1.807) is 11.3 Å². The van der Waals surface area contributed by atoms with Crippen LogP contribution in [0.5, 0.6) is 0 Å². The van der Waals surface area contributed by atoms with Crippen molar-refractivity contribution in [3.8, 4) is 0 Å². The number of carbonyl (C=O) groups excluding carboxylic acids is 1. The summed E-state index contributed by atoms with van der Waals surface area (Å²) in [6, 6.07) is 3.92. The van der Waals surface area contributed by atoms with E-state index >= 15 is 0 Å². The molecule has 0 saturated carbocycles. The number of hydrogen-bond acceptors (Lipinski definition) is 3. The van der Waals surface area contributed by atoms with Crippen LogP contribution in [0, 0.1) is 0 Å². The van der Waals surface area contributed by atoms with Gasteiger partial charge in [-0.3, -0.25) is 0 Å². The maximum atomic E-state index is 11.8. The van der Waals surface area contributed by atoms with Gasteiger partial charge in [0.2, 0.25) is 0 Å². The smallest absolute Gasteiger partial charge is 0.348 e. The molecule has 0 aromatic carbocycles. The molecule has 0 amide bonds. The zero-order valence-electron chi connectivity index (χ0n) is 11.2. The second kappa shape index (κ2) is 6.20. The van der Waals surface area contributed by atoms with Crippen molar-refractivity contribution in [1.29, 1.82) is 0 Å². The van der Waals surface area contributed by atoms with Crippen LogP contribution in [0.25, 0.3) is 0 Å². The van der Waals surface area contributed by atoms with Gasteiger partial charge in [-0.25, -0.2) is 4.79 Å². The molecule has 0 aliphatic rings. The van der Waals surface area contributed by atoms with E-state index in [0.717, 1.165) is 6.42 Å². The molecule has 0 spiro atoms. The number of thiophene rings is 1. The van der Waals surface area contributed by atoms with Gasteiger partial charge >= 0.3 is 5.97 Å². The highest BCUT2D eigenvalue weighted by molar-refractivity contribution is 7.13. The fraction of sp³-hybridized carbons (Fsp3) is 0.643. The summed E-state index contributed by atoms with van der Waals surface area (Å²) in [7, 11) is 0. The number of ether oxygens (including phenoxy) is 1. The number of carbonyl (C=O) groups is 1. The Kier molecular flexibility index (Phi) is 5.19. The molecular formula is C14H22O2S. The minimum Gasteiger partial charge on any atom is -0.456 e. The standard InChI is InChI=1S/C14H22O2S/c1-5-6-7-8-11-9-10-12(17-11)13(15)16-14(2,3)4/h9-10H,5-8H2,1-4H3. The van der Waals surface area contributed by atoms with Gasteiger partial charge in [0.15, 0.2) is 0 Å². The van der Waals surface area contributed by atoms with E-state index in [4.69, 9.17) is 4.74 Å². The van der Waals surface area contributed by atoms with Crippen LogP contribution in [0.1, 0.15) is 61.5 Å². The number of unbranched alkanes of at least 4 members (excludes halogenated alkanes) is 2. The molecule has 2 nitrogen and oxygen atoms in total. The van der Waals surface area contributed by atoms with Gasteiger partial charge in [0.05, 0.1) is 0 Å². The lowest BCUT2D eigenvalue weighted by atomic mass is 10.2. The third-order valence-electron chi connectivity index (χ3n) is 2.29. The Hall–Kier alpha value is -0.830. The van der Waals surface area contributed by atoms with E-state index in [0.29, 0.717) is 4.88 Å². The Morgan fingerprint density at radius 2 is 2.00 bits per heavy atom. The van der Waals surface area contributed by atoms with E-state index in [1.165, 1.54) is 24.1 Å². The molecule has 0 unspecified atom stereocenters. The van der Waals surface area contributed by atoms with Crippen molar-refractivity contribution >= 4 is 17.3 Å². The average molecular weight is 254 g/mol. The van der Waals surface area contributed by atoms with Gasteiger partial charge in [-0.15, -0.1) is 11.3 Å². The lowest BCUT2D eigenvalue weighted by molar-refractivity contribution is 0.00752. The summed E-state index contributed by atoms with van der Waals surface area (Å²) < 4.78 is 5.33. The Morgan fingerprint density at radius 3 is 2.59 bits per heavy atom. The molecule has 0 atom stereocenters. The van der Waals surface area contributed by atoms with Crippen molar-refractivity contribution in [2.24, 2.45) is 0 Å². The van der Waals surface area contributed by atoms with E-state index in [9.17, 15) is 4.79 Å². The molecule has 0 N–H and O–H groups in total. The van der Waals surface area contributed by atoms with Gasteiger partial charge < -0.3 is 4.74 Å². The molecule has 1 heterocycles. The van der Waals surface area contributed by atoms with E-state index in [-0.39, 0.29) is 5.97 Å². The van der Waals surface area contributed by atoms with E-state index in [2.05, 4.69) is 6.92 Å². The highest BCUT2D eigenvalue weighted by Crippen LogP contribution is 2.21. The normalized spacial score (nSPS) is 11.5. The van der Waals surface area contributed by atoms with Crippen LogP contribution in [0.3, 0.4) is 0 Å². The molecule has 17 heavy (non-hydrogen) atoms. The molecule has 0 saturated heterocycles. The van der Waals surface area contributed by atoms with Gasteiger partial charge in [0.25, 0.3) is 0 Å². The van der Waals surface area contributed by atoms with Crippen LogP contribution in [-0.4, -0.2) is 11.6 Å². The maximum absolute atomic E-state index is 11.8. The van der Waals surface area contributed by atoms with E-state index < -0.39 is 5.60 Å². The largest absolute Gasteiger partial charge is 0.456 e. The van der Waals surface area contributed by atoms with Gasteiger partial charge in [-0.1, -0.05) is 19.8 Å². The number of hydrogen-bond donors (Lipinski definition) is 0. The lowest BCUT2D eigenvalue weighted by Gasteiger charge is -2.18. The molecule has 0 radical (unpaired) electrons. The molecule has 1 aromatic rings. The third-order valence-corrected chi connectivity index (χ3v) is 3.41. The fourth-order valence-electron chi connectivity index (χ4n) is 1.50. The molecule has 3 heteroatoms. The average Bonchev–Trinajstić information content (AvgIpc) is 2.64. The molecule has 0 bridgehead atoms. The van der Waals surface area contributed by atoms with Crippen molar-refractivity contribution in [3.05, 3.63) is 21.9 Å². The van der Waals surface area contributed by atoms with Crippen molar-refractivity contribution in [2.45, 2.75) is 59.0 Å². The summed E-state index contributed by atoms with van der Waals surface area (Å²) in [6.07, 6.45) is 4.75. The van der Waals surface area contributed by atoms with Crippen molar-refractivity contribution in [3.63, 3.8) is 0 Å². The van der Waals surface area contributed by atoms with Crippen molar-refractivity contribution < 1.29 is 9.53 Å². The minimum atomic E-state index is -0.413. The first-order valence-corrected chi connectivity index (χ1v) is 7.06.